The van der Waals surface area contributed by atoms with Crippen molar-refractivity contribution in [2.45, 2.75) is 43.6 Å². The summed E-state index contributed by atoms with van der Waals surface area (Å²) in [4.78, 5) is 8.93. The third-order valence-electron chi connectivity index (χ3n) is 5.71. The van der Waals surface area contributed by atoms with Gasteiger partial charge in [0, 0.05) is 30.3 Å². The fourth-order valence-corrected chi connectivity index (χ4v) is 4.67. The molecule has 0 amide bonds. The summed E-state index contributed by atoms with van der Waals surface area (Å²) in [6.07, 6.45) is 0.477. The number of nitrogens with one attached hydrogen (secondary N) is 1. The van der Waals surface area contributed by atoms with Gasteiger partial charge < -0.3 is 15.6 Å². The van der Waals surface area contributed by atoms with Crippen LogP contribution in [0.1, 0.15) is 26.3 Å². The van der Waals surface area contributed by atoms with Crippen molar-refractivity contribution in [1.29, 1.82) is 0 Å². The van der Waals surface area contributed by atoms with E-state index in [0.717, 1.165) is 0 Å². The van der Waals surface area contributed by atoms with Gasteiger partial charge in [-0.15, -0.1) is 0 Å². The van der Waals surface area contributed by atoms with Crippen LogP contribution in [0.5, 0.6) is 0 Å². The maximum atomic E-state index is 14.8. The Kier molecular flexibility index (Phi) is 7.65. The van der Waals surface area contributed by atoms with Crippen molar-refractivity contribution in [3.63, 3.8) is 0 Å². The molecule has 37 heavy (non-hydrogen) atoms. The minimum absolute atomic E-state index is 0.0921. The highest BCUT2D eigenvalue weighted by atomic mass is 32.2. The van der Waals surface area contributed by atoms with E-state index < -0.39 is 27.1 Å². The Labute approximate surface area is 213 Å². The van der Waals surface area contributed by atoms with Gasteiger partial charge >= 0.3 is 0 Å². The van der Waals surface area contributed by atoms with Crippen LogP contribution in [0.3, 0.4) is 0 Å². The van der Waals surface area contributed by atoms with E-state index in [1.54, 1.807) is 38.1 Å². The van der Waals surface area contributed by atoms with E-state index in [2.05, 4.69) is 20.4 Å². The standard InChI is InChI=1S/C26H27F2N5O3S/c1-15(2)37(34,35)19-7-5-18(6-8-19)23-14-31-26(29)25(32-23)24-11-22(33-36-24)20-9-4-17(10-21(20)28)13-30-12-16(3)27/h4-11,14-16,30H,12-13H2,1-3H3,(H2,29,31). The van der Waals surface area contributed by atoms with Crippen molar-refractivity contribution in [3.8, 4) is 34.0 Å². The number of alkyl halides is 1. The average molecular weight is 528 g/mol. The van der Waals surface area contributed by atoms with Crippen LogP contribution in [0.2, 0.25) is 0 Å². The molecular weight excluding hydrogens is 500 g/mol. The number of nitrogens with two attached hydrogens (primary N) is 1. The van der Waals surface area contributed by atoms with E-state index in [1.807, 2.05) is 0 Å². The van der Waals surface area contributed by atoms with Gasteiger partial charge in [0.25, 0.3) is 0 Å². The molecule has 0 aliphatic heterocycles. The number of hydrogen-bond donors (Lipinski definition) is 2. The van der Waals surface area contributed by atoms with Crippen molar-refractivity contribution in [1.82, 2.24) is 20.4 Å². The zero-order valence-corrected chi connectivity index (χ0v) is 21.4. The lowest BCUT2D eigenvalue weighted by molar-refractivity contribution is 0.344. The first-order chi connectivity index (χ1) is 17.6. The molecule has 0 bridgehead atoms. The lowest BCUT2D eigenvalue weighted by Crippen LogP contribution is -2.21. The second kappa shape index (κ2) is 10.7. The third-order valence-corrected chi connectivity index (χ3v) is 7.88. The summed E-state index contributed by atoms with van der Waals surface area (Å²) in [5, 5.41) is 6.35. The summed E-state index contributed by atoms with van der Waals surface area (Å²) in [6, 6.07) is 12.5. The van der Waals surface area contributed by atoms with Crippen LogP contribution in [0, 0.1) is 5.82 Å². The van der Waals surface area contributed by atoms with Crippen LogP contribution in [0.15, 0.2) is 64.1 Å². The number of sulfone groups is 1. The van der Waals surface area contributed by atoms with Gasteiger partial charge in [0.2, 0.25) is 0 Å². The van der Waals surface area contributed by atoms with Gasteiger partial charge in [-0.3, -0.25) is 0 Å². The van der Waals surface area contributed by atoms with Crippen LogP contribution in [-0.4, -0.2) is 41.5 Å². The monoisotopic (exact) mass is 527 g/mol. The van der Waals surface area contributed by atoms with Crippen molar-refractivity contribution < 1.29 is 21.7 Å². The van der Waals surface area contributed by atoms with E-state index in [4.69, 9.17) is 10.3 Å². The van der Waals surface area contributed by atoms with Gasteiger partial charge in [0.15, 0.2) is 27.1 Å². The molecule has 1 atom stereocenters. The molecule has 1 unspecified atom stereocenters. The third kappa shape index (κ3) is 5.83. The summed E-state index contributed by atoms with van der Waals surface area (Å²) in [6.45, 7) is 5.21. The summed E-state index contributed by atoms with van der Waals surface area (Å²) < 4.78 is 57.9. The first kappa shape index (κ1) is 26.4. The molecule has 4 rings (SSSR count). The first-order valence-electron chi connectivity index (χ1n) is 11.6. The Morgan fingerprint density at radius 1 is 1.05 bits per heavy atom. The Morgan fingerprint density at radius 3 is 2.43 bits per heavy atom. The van der Waals surface area contributed by atoms with Crippen molar-refractivity contribution in [2.24, 2.45) is 0 Å². The molecule has 194 valence electrons. The number of anilines is 1. The molecule has 3 N–H and O–H groups in total. The number of halogens is 2. The maximum Gasteiger partial charge on any atom is 0.189 e. The molecule has 8 nitrogen and oxygen atoms in total. The molecule has 0 saturated heterocycles. The number of nitrogen functional groups attached to an aromatic ring is 1. The quantitative estimate of drug-likeness (QED) is 0.318. The lowest BCUT2D eigenvalue weighted by Gasteiger charge is -2.09. The molecule has 0 radical (unpaired) electrons. The second-order valence-corrected chi connectivity index (χ2v) is 11.4. The molecule has 0 spiro atoms. The molecule has 0 fully saturated rings. The van der Waals surface area contributed by atoms with E-state index in [0.29, 0.717) is 23.4 Å². The second-order valence-electron chi connectivity index (χ2n) is 8.91. The van der Waals surface area contributed by atoms with Crippen LogP contribution in [-0.2, 0) is 16.4 Å². The van der Waals surface area contributed by atoms with Gasteiger partial charge in [-0.1, -0.05) is 23.4 Å². The largest absolute Gasteiger partial charge is 0.382 e. The molecule has 0 saturated carbocycles. The fourth-order valence-electron chi connectivity index (χ4n) is 3.61. The maximum absolute atomic E-state index is 14.8. The predicted octanol–water partition coefficient (Wildman–Crippen LogP) is 4.82. The molecule has 4 aromatic rings. The minimum Gasteiger partial charge on any atom is -0.382 e. The minimum atomic E-state index is -3.40. The summed E-state index contributed by atoms with van der Waals surface area (Å²) in [5.41, 5.74) is 8.47. The summed E-state index contributed by atoms with van der Waals surface area (Å²) >= 11 is 0. The highest BCUT2D eigenvalue weighted by Gasteiger charge is 2.20. The molecule has 2 aromatic heterocycles. The van der Waals surface area contributed by atoms with Crippen molar-refractivity contribution >= 4 is 15.7 Å². The summed E-state index contributed by atoms with van der Waals surface area (Å²) in [7, 11) is -3.40. The highest BCUT2D eigenvalue weighted by molar-refractivity contribution is 7.92. The first-order valence-corrected chi connectivity index (χ1v) is 13.2. The van der Waals surface area contributed by atoms with E-state index in [9.17, 15) is 17.2 Å². The number of benzene rings is 2. The smallest absolute Gasteiger partial charge is 0.189 e. The van der Waals surface area contributed by atoms with Crippen molar-refractivity contribution in [3.05, 3.63) is 66.1 Å². The topological polar surface area (TPSA) is 124 Å². The molecular formula is C26H27F2N5O3S. The van der Waals surface area contributed by atoms with Crippen LogP contribution < -0.4 is 11.1 Å². The number of rotatable bonds is 9. The van der Waals surface area contributed by atoms with E-state index >= 15 is 0 Å². The normalized spacial score (nSPS) is 12.7. The van der Waals surface area contributed by atoms with Crippen molar-refractivity contribution in [2.75, 3.05) is 12.3 Å². The number of hydrogen-bond acceptors (Lipinski definition) is 8. The lowest BCUT2D eigenvalue weighted by atomic mass is 10.1. The van der Waals surface area contributed by atoms with Crippen LogP contribution >= 0.6 is 0 Å². The van der Waals surface area contributed by atoms with Crippen LogP contribution in [0.25, 0.3) is 34.0 Å². The number of aromatic nitrogens is 3. The fraction of sp³-hybridized carbons (Fsp3) is 0.269. The molecule has 2 aromatic carbocycles. The van der Waals surface area contributed by atoms with Gasteiger partial charge in [0.05, 0.1) is 22.0 Å². The number of nitrogens with zero attached hydrogens (tertiary/aromatic N) is 3. The zero-order valence-electron chi connectivity index (χ0n) is 20.6. The Hall–Kier alpha value is -3.70. The van der Waals surface area contributed by atoms with Gasteiger partial charge in [-0.05, 0) is 50.6 Å². The molecule has 2 heterocycles. The highest BCUT2D eigenvalue weighted by Crippen LogP contribution is 2.31. The SMILES string of the molecule is CC(F)CNCc1ccc(-c2cc(-c3nc(-c4ccc(S(=O)(=O)C(C)C)cc4)cnc3N)on2)c(F)c1. The Bertz CT molecular complexity index is 1500. The average Bonchev–Trinajstić information content (AvgIpc) is 3.34. The summed E-state index contributed by atoms with van der Waals surface area (Å²) in [5.74, 6) is -0.214. The Morgan fingerprint density at radius 2 is 1.78 bits per heavy atom. The molecule has 11 heteroatoms. The van der Waals surface area contributed by atoms with E-state index in [-0.39, 0.29) is 40.0 Å². The predicted molar refractivity (Wildman–Crippen MR) is 137 cm³/mol. The van der Waals surface area contributed by atoms with Gasteiger partial charge in [-0.25, -0.2) is 27.2 Å². The van der Waals surface area contributed by atoms with Crippen LogP contribution in [0.4, 0.5) is 14.6 Å². The molecule has 0 aliphatic rings. The van der Waals surface area contributed by atoms with E-state index in [1.165, 1.54) is 37.4 Å². The Balaban J connectivity index is 1.58. The zero-order chi connectivity index (χ0) is 26.7. The van der Waals surface area contributed by atoms with Gasteiger partial charge in [0.1, 0.15) is 17.7 Å². The molecule has 0 aliphatic carbocycles. The van der Waals surface area contributed by atoms with Gasteiger partial charge in [-0.2, -0.15) is 0 Å².